The molecule has 4 aliphatic rings. The van der Waals surface area contributed by atoms with E-state index in [-0.39, 0.29) is 0 Å². The van der Waals surface area contributed by atoms with Crippen molar-refractivity contribution in [2.75, 3.05) is 7.11 Å². The summed E-state index contributed by atoms with van der Waals surface area (Å²) in [5.41, 5.74) is 0.438. The SMILES string of the molecule is CO[C@H]1CC[C@H]2[C@@H]3CC[C@@H]4CC(=O)CC[C@@H]4[C@H]3CC[C@]12C. The number of methoxy groups -OCH3 is 1. The molecule has 0 heterocycles. The van der Waals surface area contributed by atoms with E-state index in [1.165, 1.54) is 44.9 Å². The van der Waals surface area contributed by atoms with Gasteiger partial charge >= 0.3 is 0 Å². The molecule has 4 rings (SSSR count). The van der Waals surface area contributed by atoms with E-state index in [1.54, 1.807) is 0 Å². The number of fused-ring (bicyclic) bond motifs is 5. The van der Waals surface area contributed by atoms with Crippen LogP contribution in [0, 0.1) is 35.0 Å². The summed E-state index contributed by atoms with van der Waals surface area (Å²) >= 11 is 0. The lowest BCUT2D eigenvalue weighted by Crippen LogP contribution is -2.49. The van der Waals surface area contributed by atoms with Crippen LogP contribution in [0.1, 0.15) is 64.7 Å². The number of hydrogen-bond donors (Lipinski definition) is 0. The Morgan fingerprint density at radius 2 is 1.86 bits per heavy atom. The van der Waals surface area contributed by atoms with Gasteiger partial charge in [0.25, 0.3) is 0 Å². The van der Waals surface area contributed by atoms with Gasteiger partial charge in [0.1, 0.15) is 5.78 Å². The lowest BCUT2D eigenvalue weighted by atomic mass is 9.50. The maximum absolute atomic E-state index is 11.8. The topological polar surface area (TPSA) is 26.3 Å². The Hall–Kier alpha value is -0.370. The summed E-state index contributed by atoms with van der Waals surface area (Å²) in [4.78, 5) is 11.8. The molecule has 0 aromatic carbocycles. The molecular formula is C19H30O2. The maximum Gasteiger partial charge on any atom is 0.133 e. The van der Waals surface area contributed by atoms with Gasteiger partial charge < -0.3 is 4.74 Å². The average Bonchev–Trinajstić information content (AvgIpc) is 2.83. The summed E-state index contributed by atoms with van der Waals surface area (Å²) in [7, 11) is 1.91. The second-order valence-corrected chi connectivity index (χ2v) is 8.56. The Bertz CT molecular complexity index is 431. The molecule has 2 heteroatoms. The van der Waals surface area contributed by atoms with Gasteiger partial charge in [-0.25, -0.2) is 0 Å². The fourth-order valence-corrected chi connectivity index (χ4v) is 7.00. The molecule has 118 valence electrons. The van der Waals surface area contributed by atoms with Crippen molar-refractivity contribution in [2.24, 2.45) is 35.0 Å². The van der Waals surface area contributed by atoms with Crippen LogP contribution >= 0.6 is 0 Å². The van der Waals surface area contributed by atoms with Gasteiger partial charge in [0.05, 0.1) is 6.10 Å². The van der Waals surface area contributed by atoms with Crippen molar-refractivity contribution in [2.45, 2.75) is 70.8 Å². The third-order valence-electron chi connectivity index (χ3n) is 7.96. The summed E-state index contributed by atoms with van der Waals surface area (Å²) in [5.74, 6) is 4.88. The Kier molecular flexibility index (Phi) is 3.44. The quantitative estimate of drug-likeness (QED) is 0.722. The van der Waals surface area contributed by atoms with Gasteiger partial charge in [-0.3, -0.25) is 4.79 Å². The molecule has 2 nitrogen and oxygen atoms in total. The minimum Gasteiger partial charge on any atom is -0.381 e. The highest BCUT2D eigenvalue weighted by Crippen LogP contribution is 2.62. The van der Waals surface area contributed by atoms with E-state index in [2.05, 4.69) is 6.92 Å². The Morgan fingerprint density at radius 3 is 2.67 bits per heavy atom. The Balaban J connectivity index is 1.56. The summed E-state index contributed by atoms with van der Waals surface area (Å²) in [5, 5.41) is 0. The third-order valence-corrected chi connectivity index (χ3v) is 7.96. The summed E-state index contributed by atoms with van der Waals surface area (Å²) < 4.78 is 5.84. The van der Waals surface area contributed by atoms with Gasteiger partial charge in [-0.2, -0.15) is 0 Å². The molecule has 0 saturated heterocycles. The van der Waals surface area contributed by atoms with Crippen molar-refractivity contribution < 1.29 is 9.53 Å². The smallest absolute Gasteiger partial charge is 0.133 e. The van der Waals surface area contributed by atoms with E-state index >= 15 is 0 Å². The molecular weight excluding hydrogens is 260 g/mol. The highest BCUT2D eigenvalue weighted by atomic mass is 16.5. The van der Waals surface area contributed by atoms with Crippen LogP contribution in [-0.4, -0.2) is 19.0 Å². The van der Waals surface area contributed by atoms with Crippen molar-refractivity contribution in [3.63, 3.8) is 0 Å². The number of carbonyl (C=O) groups excluding carboxylic acids is 1. The highest BCUT2D eigenvalue weighted by molar-refractivity contribution is 5.79. The second-order valence-electron chi connectivity index (χ2n) is 8.56. The molecule has 0 spiro atoms. The Morgan fingerprint density at radius 1 is 1.00 bits per heavy atom. The molecule has 0 aliphatic heterocycles. The molecule has 0 amide bonds. The molecule has 0 N–H and O–H groups in total. The molecule has 4 fully saturated rings. The van der Waals surface area contributed by atoms with Crippen LogP contribution in [0.15, 0.2) is 0 Å². The first kappa shape index (κ1) is 14.2. The largest absolute Gasteiger partial charge is 0.381 e. The zero-order valence-electron chi connectivity index (χ0n) is 13.6. The minimum absolute atomic E-state index is 0.438. The number of ketones is 1. The first-order chi connectivity index (χ1) is 10.1. The average molecular weight is 290 g/mol. The van der Waals surface area contributed by atoms with Crippen LogP contribution < -0.4 is 0 Å². The van der Waals surface area contributed by atoms with E-state index in [1.807, 2.05) is 7.11 Å². The van der Waals surface area contributed by atoms with E-state index in [4.69, 9.17) is 4.74 Å². The number of carbonyl (C=O) groups is 1. The van der Waals surface area contributed by atoms with Gasteiger partial charge in [-0.1, -0.05) is 6.92 Å². The van der Waals surface area contributed by atoms with E-state index in [0.29, 0.717) is 17.3 Å². The van der Waals surface area contributed by atoms with Crippen LogP contribution in [-0.2, 0) is 9.53 Å². The fourth-order valence-electron chi connectivity index (χ4n) is 7.00. The van der Waals surface area contributed by atoms with Gasteiger partial charge in [0, 0.05) is 20.0 Å². The summed E-state index contributed by atoms with van der Waals surface area (Å²) in [6.07, 6.45) is 11.6. The van der Waals surface area contributed by atoms with Gasteiger partial charge in [0.2, 0.25) is 0 Å². The zero-order valence-corrected chi connectivity index (χ0v) is 13.6. The standard InChI is InChI=1S/C19H30O2/c1-19-10-9-15-14-6-4-13(20)11-12(14)3-5-16(15)17(19)7-8-18(19)21-2/h12,14-18H,3-11H2,1-2H3/t12-,14+,15-,16-,17+,18+,19+/m1/s1. The number of hydrogen-bond acceptors (Lipinski definition) is 2. The summed E-state index contributed by atoms with van der Waals surface area (Å²) in [6, 6.07) is 0. The molecule has 0 aromatic heterocycles. The molecule has 0 bridgehead atoms. The molecule has 0 aromatic rings. The molecule has 0 radical (unpaired) electrons. The number of ether oxygens (including phenoxy) is 1. The molecule has 4 aliphatic carbocycles. The van der Waals surface area contributed by atoms with E-state index in [9.17, 15) is 4.79 Å². The van der Waals surface area contributed by atoms with Gasteiger partial charge in [-0.15, -0.1) is 0 Å². The number of rotatable bonds is 1. The van der Waals surface area contributed by atoms with Crippen molar-refractivity contribution in [1.29, 1.82) is 0 Å². The molecule has 21 heavy (non-hydrogen) atoms. The fraction of sp³-hybridized carbons (Fsp3) is 0.947. The lowest BCUT2D eigenvalue weighted by Gasteiger charge is -2.55. The van der Waals surface area contributed by atoms with Gasteiger partial charge in [-0.05, 0) is 80.0 Å². The van der Waals surface area contributed by atoms with Crippen LogP contribution in [0.25, 0.3) is 0 Å². The lowest BCUT2D eigenvalue weighted by molar-refractivity contribution is -0.129. The second kappa shape index (κ2) is 5.08. The van der Waals surface area contributed by atoms with E-state index in [0.717, 1.165) is 42.4 Å². The summed E-state index contributed by atoms with van der Waals surface area (Å²) in [6.45, 7) is 2.51. The Labute approximate surface area is 129 Å². The van der Waals surface area contributed by atoms with Crippen molar-refractivity contribution in [3.05, 3.63) is 0 Å². The van der Waals surface area contributed by atoms with Crippen molar-refractivity contribution in [1.82, 2.24) is 0 Å². The van der Waals surface area contributed by atoms with Crippen LogP contribution in [0.3, 0.4) is 0 Å². The highest BCUT2D eigenvalue weighted by Gasteiger charge is 2.57. The predicted molar refractivity (Wildman–Crippen MR) is 82.9 cm³/mol. The van der Waals surface area contributed by atoms with Crippen LogP contribution in [0.5, 0.6) is 0 Å². The minimum atomic E-state index is 0.438. The number of Topliss-reactive ketones (excluding diaryl/α,β-unsaturated/α-hetero) is 1. The monoisotopic (exact) mass is 290 g/mol. The van der Waals surface area contributed by atoms with Crippen LogP contribution in [0.2, 0.25) is 0 Å². The first-order valence-corrected chi connectivity index (χ1v) is 9.18. The van der Waals surface area contributed by atoms with E-state index < -0.39 is 0 Å². The first-order valence-electron chi connectivity index (χ1n) is 9.18. The van der Waals surface area contributed by atoms with Crippen LogP contribution in [0.4, 0.5) is 0 Å². The van der Waals surface area contributed by atoms with Gasteiger partial charge in [0.15, 0.2) is 0 Å². The zero-order chi connectivity index (χ0) is 14.6. The van der Waals surface area contributed by atoms with Crippen molar-refractivity contribution >= 4 is 5.78 Å². The third kappa shape index (κ3) is 2.04. The predicted octanol–water partition coefficient (Wildman–Crippen LogP) is 4.22. The molecule has 0 unspecified atom stereocenters. The molecule has 7 atom stereocenters. The maximum atomic E-state index is 11.8. The van der Waals surface area contributed by atoms with Crippen molar-refractivity contribution in [3.8, 4) is 0 Å². The molecule has 4 saturated carbocycles. The normalized spacial score (nSPS) is 53.0.